The molecule has 1 amide bonds. The first kappa shape index (κ1) is 20.0. The Morgan fingerprint density at radius 1 is 1.21 bits per heavy atom. The molecule has 0 aliphatic carbocycles. The van der Waals surface area contributed by atoms with E-state index in [1.54, 1.807) is 4.68 Å². The second-order valence-electron chi connectivity index (χ2n) is 6.78. The third kappa shape index (κ3) is 3.50. The molecule has 0 saturated heterocycles. The van der Waals surface area contributed by atoms with Crippen molar-refractivity contribution in [1.29, 1.82) is 0 Å². The molecule has 0 unspecified atom stereocenters. The van der Waals surface area contributed by atoms with Gasteiger partial charge >= 0.3 is 0 Å². The van der Waals surface area contributed by atoms with Crippen LogP contribution in [0.3, 0.4) is 0 Å². The van der Waals surface area contributed by atoms with Crippen LogP contribution in [-0.2, 0) is 7.05 Å². The van der Waals surface area contributed by atoms with E-state index >= 15 is 0 Å². The third-order valence-corrected chi connectivity index (χ3v) is 5.29. The second-order valence-corrected chi connectivity index (χ2v) is 7.55. The van der Waals surface area contributed by atoms with Crippen molar-refractivity contribution in [2.24, 2.45) is 12.8 Å². The van der Waals surface area contributed by atoms with Crippen LogP contribution in [0, 0.1) is 0 Å². The normalized spacial score (nSPS) is 11.0. The molecule has 4 rings (SSSR count). The minimum Gasteiger partial charge on any atom is -0.365 e. The number of fused-ring (bicyclic) bond motifs is 1. The van der Waals surface area contributed by atoms with E-state index in [0.717, 1.165) is 33.7 Å². The van der Waals surface area contributed by atoms with Crippen molar-refractivity contribution in [3.8, 4) is 22.5 Å². The van der Waals surface area contributed by atoms with Gasteiger partial charge in [-0.1, -0.05) is 26.0 Å². The SMILES string of the molecule is CC(C)c1cccc(-c2c(-c3ccc4nn(C)cc4c3)nsc2C(N)=O)n1.Cl. The van der Waals surface area contributed by atoms with Crippen molar-refractivity contribution in [3.05, 3.63) is 53.2 Å². The molecule has 0 atom stereocenters. The van der Waals surface area contributed by atoms with Crippen LogP contribution < -0.4 is 5.73 Å². The van der Waals surface area contributed by atoms with Crippen LogP contribution in [0.2, 0.25) is 0 Å². The van der Waals surface area contributed by atoms with E-state index in [1.165, 1.54) is 0 Å². The number of pyridine rings is 1. The average Bonchev–Trinajstić information content (AvgIpc) is 3.23. The summed E-state index contributed by atoms with van der Waals surface area (Å²) >= 11 is 1.11. The molecule has 0 radical (unpaired) electrons. The lowest BCUT2D eigenvalue weighted by atomic mass is 10.0. The van der Waals surface area contributed by atoms with Crippen molar-refractivity contribution < 1.29 is 4.79 Å². The molecule has 3 heterocycles. The first-order valence-electron chi connectivity index (χ1n) is 8.64. The Morgan fingerprint density at radius 3 is 2.71 bits per heavy atom. The number of primary amides is 1. The highest BCUT2D eigenvalue weighted by Gasteiger charge is 2.22. The number of rotatable bonds is 4. The number of carbonyl (C=O) groups excluding carboxylic acids is 1. The zero-order valence-corrected chi connectivity index (χ0v) is 17.3. The van der Waals surface area contributed by atoms with E-state index in [9.17, 15) is 4.79 Å². The standard InChI is InChI=1S/C20H19N5OS.ClH/c1-11(2)14-5-4-6-16(22-14)17-18(24-27-19(17)20(21)26)12-7-8-15-13(9-12)10-25(3)23-15;/h4-11H,1-3H3,(H2,21,26);1H. The predicted molar refractivity (Wildman–Crippen MR) is 115 cm³/mol. The van der Waals surface area contributed by atoms with E-state index in [0.29, 0.717) is 21.8 Å². The highest BCUT2D eigenvalue weighted by Crippen LogP contribution is 2.37. The van der Waals surface area contributed by atoms with Crippen molar-refractivity contribution in [2.75, 3.05) is 0 Å². The first-order valence-corrected chi connectivity index (χ1v) is 9.42. The molecule has 0 aliphatic rings. The highest BCUT2D eigenvalue weighted by molar-refractivity contribution is 7.09. The Kier molecular flexibility index (Phi) is 5.49. The Labute approximate surface area is 173 Å². The van der Waals surface area contributed by atoms with Gasteiger partial charge in [-0.25, -0.2) is 0 Å². The minimum atomic E-state index is -0.493. The zero-order valence-electron chi connectivity index (χ0n) is 15.7. The predicted octanol–water partition coefficient (Wildman–Crippen LogP) is 4.40. The summed E-state index contributed by atoms with van der Waals surface area (Å²) in [7, 11) is 1.89. The third-order valence-electron chi connectivity index (χ3n) is 4.43. The smallest absolute Gasteiger partial charge is 0.261 e. The molecular weight excluding hydrogens is 394 g/mol. The molecule has 8 heteroatoms. The van der Waals surface area contributed by atoms with Gasteiger partial charge in [0.2, 0.25) is 0 Å². The van der Waals surface area contributed by atoms with E-state index in [4.69, 9.17) is 10.7 Å². The summed E-state index contributed by atoms with van der Waals surface area (Å²) in [4.78, 5) is 17.2. The monoisotopic (exact) mass is 413 g/mol. The van der Waals surface area contributed by atoms with Gasteiger partial charge < -0.3 is 5.73 Å². The van der Waals surface area contributed by atoms with Crippen LogP contribution in [-0.4, -0.2) is 25.0 Å². The van der Waals surface area contributed by atoms with Crippen molar-refractivity contribution in [1.82, 2.24) is 19.1 Å². The molecule has 6 nitrogen and oxygen atoms in total. The molecule has 3 aromatic heterocycles. The number of aryl methyl sites for hydroxylation is 1. The molecule has 1 aromatic carbocycles. The summed E-state index contributed by atoms with van der Waals surface area (Å²) in [5.41, 5.74) is 10.5. The number of amides is 1. The van der Waals surface area contributed by atoms with Crippen LogP contribution >= 0.6 is 23.9 Å². The van der Waals surface area contributed by atoms with E-state index in [2.05, 4.69) is 23.3 Å². The lowest BCUT2D eigenvalue weighted by Crippen LogP contribution is -2.10. The average molecular weight is 414 g/mol. The van der Waals surface area contributed by atoms with E-state index in [1.807, 2.05) is 49.6 Å². The molecule has 28 heavy (non-hydrogen) atoms. The fourth-order valence-corrected chi connectivity index (χ4v) is 3.86. The summed E-state index contributed by atoms with van der Waals surface area (Å²) in [5.74, 6) is -0.211. The first-order chi connectivity index (χ1) is 12.9. The number of nitrogens with zero attached hydrogens (tertiary/aromatic N) is 4. The van der Waals surface area contributed by atoms with Gasteiger partial charge in [-0.3, -0.25) is 14.5 Å². The van der Waals surface area contributed by atoms with Gasteiger partial charge in [0, 0.05) is 29.9 Å². The fraction of sp³-hybridized carbons (Fsp3) is 0.200. The second kappa shape index (κ2) is 7.69. The lowest BCUT2D eigenvalue weighted by Gasteiger charge is -2.09. The molecule has 0 aliphatic heterocycles. The molecule has 144 valence electrons. The highest BCUT2D eigenvalue weighted by atomic mass is 35.5. The number of aromatic nitrogens is 4. The van der Waals surface area contributed by atoms with Crippen molar-refractivity contribution >= 4 is 40.7 Å². The minimum absolute atomic E-state index is 0. The van der Waals surface area contributed by atoms with Crippen LogP contribution in [0.4, 0.5) is 0 Å². The quantitative estimate of drug-likeness (QED) is 0.537. The van der Waals surface area contributed by atoms with E-state index in [-0.39, 0.29) is 18.3 Å². The topological polar surface area (TPSA) is 86.7 Å². The molecule has 4 aromatic rings. The summed E-state index contributed by atoms with van der Waals surface area (Å²) in [6.07, 6.45) is 1.96. The summed E-state index contributed by atoms with van der Waals surface area (Å²) < 4.78 is 6.32. The van der Waals surface area contributed by atoms with Gasteiger partial charge in [-0.15, -0.1) is 12.4 Å². The Morgan fingerprint density at radius 2 is 2.00 bits per heavy atom. The van der Waals surface area contributed by atoms with Crippen LogP contribution in [0.5, 0.6) is 0 Å². The molecule has 2 N–H and O–H groups in total. The van der Waals surface area contributed by atoms with Gasteiger partial charge in [0.15, 0.2) is 0 Å². The molecule has 0 fully saturated rings. The number of carbonyl (C=O) groups is 1. The maximum absolute atomic E-state index is 12.0. The number of nitrogens with two attached hydrogens (primary N) is 1. The molecule has 0 bridgehead atoms. The Hall–Kier alpha value is -2.77. The van der Waals surface area contributed by atoms with Crippen molar-refractivity contribution in [3.63, 3.8) is 0 Å². The van der Waals surface area contributed by atoms with Crippen LogP contribution in [0.1, 0.15) is 35.1 Å². The van der Waals surface area contributed by atoms with Gasteiger partial charge in [0.05, 0.1) is 22.5 Å². The van der Waals surface area contributed by atoms with Gasteiger partial charge in [0.25, 0.3) is 5.91 Å². The summed E-state index contributed by atoms with van der Waals surface area (Å²) in [6.45, 7) is 4.18. The Bertz CT molecular complexity index is 1160. The van der Waals surface area contributed by atoms with Gasteiger partial charge in [-0.05, 0) is 41.7 Å². The van der Waals surface area contributed by atoms with E-state index < -0.39 is 5.91 Å². The molecule has 0 saturated carbocycles. The summed E-state index contributed by atoms with van der Waals surface area (Å²) in [5, 5.41) is 5.42. The fourth-order valence-electron chi connectivity index (χ4n) is 3.10. The maximum Gasteiger partial charge on any atom is 0.261 e. The van der Waals surface area contributed by atoms with Gasteiger partial charge in [-0.2, -0.15) is 9.47 Å². The largest absolute Gasteiger partial charge is 0.365 e. The summed E-state index contributed by atoms with van der Waals surface area (Å²) in [6, 6.07) is 11.8. The lowest BCUT2D eigenvalue weighted by molar-refractivity contribution is 0.100. The van der Waals surface area contributed by atoms with Crippen LogP contribution in [0.25, 0.3) is 33.4 Å². The van der Waals surface area contributed by atoms with Gasteiger partial charge in [0.1, 0.15) is 4.88 Å². The molecular formula is C20H20ClN5OS. The molecule has 0 spiro atoms. The maximum atomic E-state index is 12.0. The number of halogens is 1. The number of benzene rings is 1. The van der Waals surface area contributed by atoms with Crippen molar-refractivity contribution in [2.45, 2.75) is 19.8 Å². The Balaban J connectivity index is 0.00000225. The number of hydrogen-bond donors (Lipinski definition) is 1. The zero-order chi connectivity index (χ0) is 19.1. The number of hydrogen-bond acceptors (Lipinski definition) is 5. The van der Waals surface area contributed by atoms with Crippen LogP contribution in [0.15, 0.2) is 42.6 Å².